The van der Waals surface area contributed by atoms with Crippen LogP contribution in [0.5, 0.6) is 11.5 Å². The third-order valence-corrected chi connectivity index (χ3v) is 7.73. The second-order valence-corrected chi connectivity index (χ2v) is 13.6. The van der Waals surface area contributed by atoms with E-state index in [4.69, 9.17) is 9.47 Å². The molecule has 12 heteroatoms. The Bertz CT molecular complexity index is 1360. The summed E-state index contributed by atoms with van der Waals surface area (Å²) in [7, 11) is -7.04. The summed E-state index contributed by atoms with van der Waals surface area (Å²) in [6.45, 7) is 2.20. The Balaban J connectivity index is 1.62. The Kier molecular flexibility index (Phi) is 10.1. The molecule has 3 rings (SSSR count). The highest BCUT2D eigenvalue weighted by molar-refractivity contribution is 7.89. The first-order valence-electron chi connectivity index (χ1n) is 11.7. The largest absolute Gasteiger partial charge is 0.457 e. The molecule has 0 saturated heterocycles. The summed E-state index contributed by atoms with van der Waals surface area (Å²) in [6.07, 6.45) is -0.800. The molecule has 0 saturated carbocycles. The molecule has 0 aromatic heterocycles. The first-order chi connectivity index (χ1) is 18.0. The van der Waals surface area contributed by atoms with E-state index in [1.807, 2.05) is 24.3 Å². The van der Waals surface area contributed by atoms with Crippen molar-refractivity contribution in [2.45, 2.75) is 17.5 Å². The van der Waals surface area contributed by atoms with E-state index in [9.17, 15) is 22.6 Å². The monoisotopic (exact) mass is 559 g/mol. The molecule has 202 valence electrons. The highest BCUT2D eigenvalue weighted by Gasteiger charge is 2.23. The molecule has 0 unspecified atom stereocenters. The van der Waals surface area contributed by atoms with Crippen LogP contribution in [0.4, 0.5) is 9.59 Å². The van der Waals surface area contributed by atoms with Gasteiger partial charge in [0, 0.05) is 13.1 Å². The van der Waals surface area contributed by atoms with Crippen LogP contribution in [0.2, 0.25) is 0 Å². The minimum absolute atomic E-state index is 0.00794. The van der Waals surface area contributed by atoms with E-state index in [0.29, 0.717) is 11.5 Å². The van der Waals surface area contributed by atoms with Crippen LogP contribution in [0.15, 0.2) is 89.8 Å². The molecule has 0 aliphatic carbocycles. The maximum Gasteiger partial charge on any atom is 0.407 e. The SMILES string of the molecule is CP(C)(=O)C(=O)NC[C@@H](CNS(=O)(=O)c1ccc(Oc2ccccc2)cc1)NC(=O)OCc1ccccc1. The highest BCUT2D eigenvalue weighted by atomic mass is 32.2. The number of carbonyl (C=O) groups is 2. The van der Waals surface area contributed by atoms with Crippen molar-refractivity contribution in [2.75, 3.05) is 26.4 Å². The van der Waals surface area contributed by atoms with E-state index in [1.54, 1.807) is 36.4 Å². The Morgan fingerprint density at radius 1 is 0.842 bits per heavy atom. The van der Waals surface area contributed by atoms with Crippen LogP contribution in [-0.2, 0) is 25.9 Å². The molecule has 0 fully saturated rings. The Morgan fingerprint density at radius 2 is 1.42 bits per heavy atom. The van der Waals surface area contributed by atoms with Crippen molar-refractivity contribution in [1.29, 1.82) is 0 Å². The number of amides is 2. The lowest BCUT2D eigenvalue weighted by Crippen LogP contribution is -2.49. The normalized spacial score (nSPS) is 12.3. The fourth-order valence-electron chi connectivity index (χ4n) is 3.11. The number of benzene rings is 3. The predicted molar refractivity (Wildman–Crippen MR) is 145 cm³/mol. The van der Waals surface area contributed by atoms with Crippen molar-refractivity contribution in [3.05, 3.63) is 90.5 Å². The number of hydrogen-bond acceptors (Lipinski definition) is 7. The zero-order valence-electron chi connectivity index (χ0n) is 21.0. The Morgan fingerprint density at radius 3 is 2.03 bits per heavy atom. The van der Waals surface area contributed by atoms with Gasteiger partial charge in [0.2, 0.25) is 10.0 Å². The van der Waals surface area contributed by atoms with Gasteiger partial charge in [-0.3, -0.25) is 4.79 Å². The number of para-hydroxylation sites is 1. The van der Waals surface area contributed by atoms with Crippen molar-refractivity contribution >= 4 is 28.9 Å². The van der Waals surface area contributed by atoms with Crippen molar-refractivity contribution in [3.8, 4) is 11.5 Å². The van der Waals surface area contributed by atoms with E-state index < -0.39 is 34.9 Å². The number of ether oxygens (including phenoxy) is 2. The van der Waals surface area contributed by atoms with Crippen LogP contribution in [0.1, 0.15) is 5.56 Å². The summed E-state index contributed by atoms with van der Waals surface area (Å²) in [5.41, 5.74) is 0.0876. The van der Waals surface area contributed by atoms with E-state index in [1.165, 1.54) is 37.6 Å². The molecule has 10 nitrogen and oxygen atoms in total. The smallest absolute Gasteiger partial charge is 0.407 e. The maximum absolute atomic E-state index is 12.9. The van der Waals surface area contributed by atoms with Crippen molar-refractivity contribution < 1.29 is 32.0 Å². The topological polar surface area (TPSA) is 140 Å². The second kappa shape index (κ2) is 13.2. The predicted octanol–water partition coefficient (Wildman–Crippen LogP) is 4.38. The number of alkyl carbamates (subject to hydrolysis) is 1. The molecule has 3 N–H and O–H groups in total. The fraction of sp³-hybridized carbons (Fsp3) is 0.231. The van der Waals surface area contributed by atoms with Gasteiger partial charge in [0.25, 0.3) is 5.65 Å². The third-order valence-electron chi connectivity index (χ3n) is 5.16. The van der Waals surface area contributed by atoms with Crippen molar-refractivity contribution in [2.24, 2.45) is 0 Å². The molecular weight excluding hydrogens is 529 g/mol. The summed E-state index contributed by atoms with van der Waals surface area (Å²) in [5, 5.41) is 5.03. The van der Waals surface area contributed by atoms with Gasteiger partial charge in [-0.05, 0) is 55.3 Å². The van der Waals surface area contributed by atoms with E-state index in [-0.39, 0.29) is 24.6 Å². The molecule has 0 aliphatic heterocycles. The van der Waals surface area contributed by atoms with Gasteiger partial charge in [0.15, 0.2) is 7.14 Å². The molecular formula is C26H30N3O7PS. The zero-order chi connectivity index (χ0) is 27.6. The Hall–Kier alpha value is -3.66. The van der Waals surface area contributed by atoms with Crippen LogP contribution in [0.3, 0.4) is 0 Å². The van der Waals surface area contributed by atoms with Crippen molar-refractivity contribution in [1.82, 2.24) is 15.4 Å². The highest BCUT2D eigenvalue weighted by Crippen LogP contribution is 2.36. The molecule has 1 atom stereocenters. The summed E-state index contributed by atoms with van der Waals surface area (Å²) in [4.78, 5) is 24.4. The van der Waals surface area contributed by atoms with Crippen LogP contribution in [-0.4, -0.2) is 52.6 Å². The lowest BCUT2D eigenvalue weighted by Gasteiger charge is -2.20. The van der Waals surface area contributed by atoms with Gasteiger partial charge in [-0.2, -0.15) is 0 Å². The standard InChI is InChI=1S/C26H30N3O7PS/c1-37(2,32)26(31)27-17-21(29-25(30)35-19-20-9-5-3-6-10-20)18-28-38(33,34)24-15-13-23(14-16-24)36-22-11-7-4-8-12-22/h3-16,21,28H,17-19H2,1-2H3,(H,27,31)(H,29,30)/t21-/m0/s1. The molecule has 0 bridgehead atoms. The number of sulfonamides is 1. The first-order valence-corrected chi connectivity index (χ1v) is 15.7. The average molecular weight is 560 g/mol. The lowest BCUT2D eigenvalue weighted by molar-refractivity contribution is 0.135. The minimum Gasteiger partial charge on any atom is -0.457 e. The maximum atomic E-state index is 12.9. The summed E-state index contributed by atoms with van der Waals surface area (Å²) in [6, 6.07) is 23.0. The van der Waals surface area contributed by atoms with Gasteiger partial charge in [-0.1, -0.05) is 48.5 Å². The molecule has 2 amide bonds. The van der Waals surface area contributed by atoms with Gasteiger partial charge >= 0.3 is 6.09 Å². The minimum atomic E-state index is -3.97. The molecule has 0 spiro atoms. The van der Waals surface area contributed by atoms with E-state index in [0.717, 1.165) is 5.56 Å². The number of carbonyl (C=O) groups excluding carboxylic acids is 2. The third kappa shape index (κ3) is 9.33. The number of hydrogen-bond donors (Lipinski definition) is 3. The number of nitrogens with one attached hydrogen (secondary N) is 3. The van der Waals surface area contributed by atoms with Crippen LogP contribution in [0, 0.1) is 0 Å². The second-order valence-electron chi connectivity index (χ2n) is 8.68. The van der Waals surface area contributed by atoms with Crippen LogP contribution < -0.4 is 20.1 Å². The molecule has 0 heterocycles. The summed E-state index contributed by atoms with van der Waals surface area (Å²) in [5.74, 6) is 1.07. The first kappa shape index (κ1) is 28.9. The fourth-order valence-corrected chi connectivity index (χ4v) is 4.67. The molecule has 3 aromatic rings. The van der Waals surface area contributed by atoms with E-state index in [2.05, 4.69) is 15.4 Å². The van der Waals surface area contributed by atoms with Crippen LogP contribution >= 0.6 is 7.14 Å². The zero-order valence-corrected chi connectivity index (χ0v) is 22.7. The molecule has 38 heavy (non-hydrogen) atoms. The van der Waals surface area contributed by atoms with Gasteiger partial charge in [0.05, 0.1) is 10.9 Å². The van der Waals surface area contributed by atoms with Gasteiger partial charge in [-0.25, -0.2) is 17.9 Å². The van der Waals surface area contributed by atoms with E-state index >= 15 is 0 Å². The van der Waals surface area contributed by atoms with Gasteiger partial charge in [0.1, 0.15) is 18.1 Å². The average Bonchev–Trinajstić information content (AvgIpc) is 2.90. The van der Waals surface area contributed by atoms with Crippen molar-refractivity contribution in [3.63, 3.8) is 0 Å². The summed E-state index contributed by atoms with van der Waals surface area (Å²) < 4.78 is 51.1. The lowest BCUT2D eigenvalue weighted by atomic mass is 10.2. The molecule has 0 aliphatic rings. The number of rotatable bonds is 12. The van der Waals surface area contributed by atoms with Gasteiger partial charge in [-0.15, -0.1) is 0 Å². The Labute approximate surface area is 222 Å². The van der Waals surface area contributed by atoms with Gasteiger partial charge < -0.3 is 24.7 Å². The molecule has 3 aromatic carbocycles. The van der Waals surface area contributed by atoms with Crippen LogP contribution in [0.25, 0.3) is 0 Å². The summed E-state index contributed by atoms with van der Waals surface area (Å²) >= 11 is 0. The quantitative estimate of drug-likeness (QED) is 0.280. The molecule has 0 radical (unpaired) electrons.